The molecule has 5 heteroatoms. The molecule has 0 radical (unpaired) electrons. The molecule has 0 aliphatic carbocycles. The highest BCUT2D eigenvalue weighted by Crippen LogP contribution is 2.21. The lowest BCUT2D eigenvalue weighted by Gasteiger charge is -2.33. The second-order valence-corrected chi connectivity index (χ2v) is 6.33. The van der Waals surface area contributed by atoms with Gasteiger partial charge in [-0.25, -0.2) is 0 Å². The van der Waals surface area contributed by atoms with E-state index in [-0.39, 0.29) is 11.1 Å². The Bertz CT molecular complexity index is 453. The number of nitrogens with zero attached hydrogens (tertiary/aromatic N) is 2. The second-order valence-electron chi connectivity index (χ2n) is 5.96. The molecular weight excluding hydrogens is 288 g/mol. The van der Waals surface area contributed by atoms with Gasteiger partial charge in [0.05, 0.1) is 0 Å². The molecule has 0 N–H and O–H groups in total. The summed E-state index contributed by atoms with van der Waals surface area (Å²) in [5.41, 5.74) is 0. The Morgan fingerprint density at radius 1 is 1.43 bits per heavy atom. The third-order valence-corrected chi connectivity index (χ3v) is 4.35. The van der Waals surface area contributed by atoms with Gasteiger partial charge in [-0.15, -0.1) is 0 Å². The van der Waals surface area contributed by atoms with Crippen molar-refractivity contribution in [1.82, 2.24) is 9.80 Å². The lowest BCUT2D eigenvalue weighted by atomic mass is 9.96. The minimum absolute atomic E-state index is 0.0420. The van der Waals surface area contributed by atoms with Crippen LogP contribution in [0, 0.1) is 5.92 Å². The molecule has 0 unspecified atom stereocenters. The Kier molecular flexibility index (Phi) is 6.12. The minimum Gasteiger partial charge on any atom is -0.440 e. The fourth-order valence-electron chi connectivity index (χ4n) is 2.86. The standard InChI is InChI=1S/C16H25ClN2O2/c1-3-4-9-18(2)12-13-7-10-19(11-8-13)16(20)14-5-6-15(17)21-14/h5-6,13H,3-4,7-12H2,1-2H3. The third-order valence-electron chi connectivity index (χ3n) is 4.15. The summed E-state index contributed by atoms with van der Waals surface area (Å²) < 4.78 is 5.20. The van der Waals surface area contributed by atoms with Crippen LogP contribution >= 0.6 is 11.6 Å². The summed E-state index contributed by atoms with van der Waals surface area (Å²) in [5.74, 6) is 0.995. The van der Waals surface area contributed by atoms with Gasteiger partial charge < -0.3 is 14.2 Å². The smallest absolute Gasteiger partial charge is 0.289 e. The van der Waals surface area contributed by atoms with Crippen LogP contribution in [0.1, 0.15) is 43.2 Å². The first-order valence-electron chi connectivity index (χ1n) is 7.83. The highest BCUT2D eigenvalue weighted by molar-refractivity contribution is 6.29. The first-order valence-corrected chi connectivity index (χ1v) is 8.21. The van der Waals surface area contributed by atoms with E-state index in [9.17, 15) is 4.79 Å². The van der Waals surface area contributed by atoms with Gasteiger partial charge in [0.2, 0.25) is 0 Å². The van der Waals surface area contributed by atoms with Gasteiger partial charge in [-0.3, -0.25) is 4.79 Å². The number of hydrogen-bond acceptors (Lipinski definition) is 3. The molecule has 1 fully saturated rings. The van der Waals surface area contributed by atoms with Crippen molar-refractivity contribution in [2.45, 2.75) is 32.6 Å². The van der Waals surface area contributed by atoms with Crippen LogP contribution in [0.5, 0.6) is 0 Å². The topological polar surface area (TPSA) is 36.7 Å². The van der Waals surface area contributed by atoms with Crippen LogP contribution in [0.4, 0.5) is 0 Å². The summed E-state index contributed by atoms with van der Waals surface area (Å²) in [6, 6.07) is 3.26. The van der Waals surface area contributed by atoms with Crippen LogP contribution in [0.2, 0.25) is 5.22 Å². The van der Waals surface area contributed by atoms with E-state index >= 15 is 0 Å². The van der Waals surface area contributed by atoms with E-state index in [0.29, 0.717) is 11.7 Å². The van der Waals surface area contributed by atoms with Gasteiger partial charge in [-0.05, 0) is 62.5 Å². The SMILES string of the molecule is CCCCN(C)CC1CCN(C(=O)c2ccc(Cl)o2)CC1. The van der Waals surface area contributed by atoms with Gasteiger partial charge in [0, 0.05) is 19.6 Å². The third kappa shape index (κ3) is 4.75. The van der Waals surface area contributed by atoms with Crippen molar-refractivity contribution in [3.63, 3.8) is 0 Å². The summed E-state index contributed by atoms with van der Waals surface area (Å²) in [6.07, 6.45) is 4.63. The van der Waals surface area contributed by atoms with Gasteiger partial charge in [0.25, 0.3) is 5.91 Å². The van der Waals surface area contributed by atoms with Gasteiger partial charge in [-0.1, -0.05) is 13.3 Å². The summed E-state index contributed by atoms with van der Waals surface area (Å²) in [6.45, 7) is 6.14. The molecule has 0 bridgehead atoms. The largest absolute Gasteiger partial charge is 0.440 e. The number of amides is 1. The lowest BCUT2D eigenvalue weighted by Crippen LogP contribution is -2.41. The molecule has 4 nitrogen and oxygen atoms in total. The molecular formula is C16H25ClN2O2. The zero-order valence-corrected chi connectivity index (χ0v) is 13.7. The molecule has 118 valence electrons. The van der Waals surface area contributed by atoms with E-state index in [4.69, 9.17) is 16.0 Å². The maximum absolute atomic E-state index is 12.2. The van der Waals surface area contributed by atoms with Gasteiger partial charge in [0.1, 0.15) is 0 Å². The average Bonchev–Trinajstić information content (AvgIpc) is 2.92. The number of unbranched alkanes of at least 4 members (excludes halogenated alkanes) is 1. The molecule has 2 rings (SSSR count). The number of carbonyl (C=O) groups excluding carboxylic acids is 1. The average molecular weight is 313 g/mol. The number of hydrogen-bond donors (Lipinski definition) is 0. The number of likely N-dealkylation sites (tertiary alicyclic amines) is 1. The van der Waals surface area contributed by atoms with Crippen molar-refractivity contribution < 1.29 is 9.21 Å². The second kappa shape index (κ2) is 7.85. The van der Waals surface area contributed by atoms with Gasteiger partial charge in [0.15, 0.2) is 11.0 Å². The summed E-state index contributed by atoms with van der Waals surface area (Å²) in [7, 11) is 2.19. The molecule has 0 aromatic carbocycles. The van der Waals surface area contributed by atoms with E-state index in [1.165, 1.54) is 19.4 Å². The number of carbonyl (C=O) groups is 1. The van der Waals surface area contributed by atoms with Crippen molar-refractivity contribution in [3.05, 3.63) is 23.1 Å². The number of piperidine rings is 1. The molecule has 0 atom stereocenters. The van der Waals surface area contributed by atoms with Crippen LogP contribution in [-0.4, -0.2) is 48.9 Å². The maximum Gasteiger partial charge on any atom is 0.289 e. The fraction of sp³-hybridized carbons (Fsp3) is 0.688. The van der Waals surface area contributed by atoms with Crippen LogP contribution in [0.25, 0.3) is 0 Å². The first-order chi connectivity index (χ1) is 10.1. The monoisotopic (exact) mass is 312 g/mol. The highest BCUT2D eigenvalue weighted by Gasteiger charge is 2.25. The number of furan rings is 1. The molecule has 1 aromatic heterocycles. The Morgan fingerprint density at radius 3 is 2.71 bits per heavy atom. The van der Waals surface area contributed by atoms with E-state index in [0.717, 1.165) is 32.5 Å². The first kappa shape index (κ1) is 16.4. The molecule has 1 aliphatic heterocycles. The Hall–Kier alpha value is -1.00. The molecule has 1 amide bonds. The Morgan fingerprint density at radius 2 is 2.14 bits per heavy atom. The van der Waals surface area contributed by atoms with Crippen molar-refractivity contribution in [2.75, 3.05) is 33.2 Å². The Labute approximate surface area is 132 Å². The predicted octanol–water partition coefficient (Wildman–Crippen LogP) is 3.52. The van der Waals surface area contributed by atoms with Crippen LogP contribution in [-0.2, 0) is 0 Å². The molecule has 1 saturated heterocycles. The van der Waals surface area contributed by atoms with Crippen LogP contribution in [0.3, 0.4) is 0 Å². The van der Waals surface area contributed by atoms with Crippen molar-refractivity contribution >= 4 is 17.5 Å². The van der Waals surface area contributed by atoms with E-state index in [1.54, 1.807) is 12.1 Å². The van der Waals surface area contributed by atoms with Crippen LogP contribution in [0.15, 0.2) is 16.5 Å². The highest BCUT2D eigenvalue weighted by atomic mass is 35.5. The van der Waals surface area contributed by atoms with Crippen molar-refractivity contribution in [1.29, 1.82) is 0 Å². The molecule has 2 heterocycles. The molecule has 0 spiro atoms. The summed E-state index contributed by atoms with van der Waals surface area (Å²) >= 11 is 5.72. The zero-order valence-electron chi connectivity index (χ0n) is 13.0. The fourth-order valence-corrected chi connectivity index (χ4v) is 3.01. The Balaban J connectivity index is 1.76. The van der Waals surface area contributed by atoms with Crippen molar-refractivity contribution in [3.8, 4) is 0 Å². The number of rotatable bonds is 6. The van der Waals surface area contributed by atoms with E-state index in [1.807, 2.05) is 4.90 Å². The maximum atomic E-state index is 12.2. The molecule has 1 aliphatic rings. The van der Waals surface area contributed by atoms with Crippen LogP contribution < -0.4 is 0 Å². The van der Waals surface area contributed by atoms with Gasteiger partial charge in [-0.2, -0.15) is 0 Å². The van der Waals surface area contributed by atoms with E-state index < -0.39 is 0 Å². The quantitative estimate of drug-likeness (QED) is 0.806. The lowest BCUT2D eigenvalue weighted by molar-refractivity contribution is 0.0642. The summed E-state index contributed by atoms with van der Waals surface area (Å²) in [4.78, 5) is 16.5. The summed E-state index contributed by atoms with van der Waals surface area (Å²) in [5, 5.41) is 0.269. The zero-order chi connectivity index (χ0) is 15.2. The van der Waals surface area contributed by atoms with Crippen molar-refractivity contribution in [2.24, 2.45) is 5.92 Å². The predicted molar refractivity (Wildman–Crippen MR) is 84.8 cm³/mol. The normalized spacial score (nSPS) is 16.7. The molecule has 1 aromatic rings. The van der Waals surface area contributed by atoms with Gasteiger partial charge >= 0.3 is 0 Å². The minimum atomic E-state index is -0.0420. The number of halogens is 1. The molecule has 21 heavy (non-hydrogen) atoms. The molecule has 0 saturated carbocycles. The van der Waals surface area contributed by atoms with E-state index in [2.05, 4.69) is 18.9 Å².